The summed E-state index contributed by atoms with van der Waals surface area (Å²) in [5.41, 5.74) is 2.47. The summed E-state index contributed by atoms with van der Waals surface area (Å²) in [7, 11) is 0. The van der Waals surface area contributed by atoms with Crippen molar-refractivity contribution < 1.29 is 4.79 Å². The Hall–Kier alpha value is -2.37. The number of aromatic nitrogens is 3. The monoisotopic (exact) mass is 273 g/mol. The van der Waals surface area contributed by atoms with Gasteiger partial charge in [-0.25, -0.2) is 0 Å². The molecular weight excluding hydrogens is 254 g/mol. The second-order valence-corrected chi connectivity index (χ2v) is 4.49. The van der Waals surface area contributed by atoms with Gasteiger partial charge in [-0.3, -0.25) is 14.5 Å². The van der Waals surface area contributed by atoms with Crippen LogP contribution in [-0.2, 0) is 6.54 Å². The molecule has 0 fully saturated rings. The molecule has 6 nitrogen and oxygen atoms in total. The van der Waals surface area contributed by atoms with E-state index in [0.29, 0.717) is 18.7 Å². The fourth-order valence-electron chi connectivity index (χ4n) is 1.89. The van der Waals surface area contributed by atoms with Gasteiger partial charge in [0.2, 0.25) is 0 Å². The van der Waals surface area contributed by atoms with Crippen LogP contribution in [0.4, 0.5) is 5.69 Å². The van der Waals surface area contributed by atoms with E-state index in [-0.39, 0.29) is 5.91 Å². The van der Waals surface area contributed by atoms with Gasteiger partial charge in [0.1, 0.15) is 0 Å². The van der Waals surface area contributed by atoms with Gasteiger partial charge in [-0.1, -0.05) is 0 Å². The Morgan fingerprint density at radius 3 is 2.95 bits per heavy atom. The largest absolute Gasteiger partial charge is 0.385 e. The van der Waals surface area contributed by atoms with Crippen LogP contribution >= 0.6 is 0 Å². The van der Waals surface area contributed by atoms with Crippen molar-refractivity contribution in [1.29, 1.82) is 0 Å². The van der Waals surface area contributed by atoms with Crippen LogP contribution in [0.5, 0.6) is 0 Å². The first-order chi connectivity index (χ1) is 9.70. The summed E-state index contributed by atoms with van der Waals surface area (Å²) >= 11 is 0. The molecule has 1 amide bonds. The van der Waals surface area contributed by atoms with E-state index in [0.717, 1.165) is 17.8 Å². The van der Waals surface area contributed by atoms with E-state index in [1.807, 2.05) is 24.7 Å². The van der Waals surface area contributed by atoms with Crippen LogP contribution in [0.25, 0.3) is 0 Å². The highest BCUT2D eigenvalue weighted by Gasteiger charge is 2.10. The van der Waals surface area contributed by atoms with Crippen molar-refractivity contribution in [1.82, 2.24) is 20.1 Å². The van der Waals surface area contributed by atoms with Crippen LogP contribution in [0.2, 0.25) is 0 Å². The number of hydrogen-bond donors (Lipinski definition) is 2. The first-order valence-corrected chi connectivity index (χ1v) is 6.66. The Bertz CT molecular complexity index is 578. The predicted octanol–water partition coefficient (Wildman–Crippen LogP) is 1.45. The van der Waals surface area contributed by atoms with Crippen molar-refractivity contribution in [3.8, 4) is 0 Å². The minimum atomic E-state index is -0.127. The van der Waals surface area contributed by atoms with Crippen molar-refractivity contribution in [2.75, 3.05) is 18.4 Å². The molecule has 0 aliphatic rings. The van der Waals surface area contributed by atoms with E-state index in [2.05, 4.69) is 20.7 Å². The number of anilines is 1. The molecule has 0 atom stereocenters. The number of nitrogens with zero attached hydrogens (tertiary/aromatic N) is 3. The fourth-order valence-corrected chi connectivity index (χ4v) is 1.89. The van der Waals surface area contributed by atoms with Crippen LogP contribution in [0, 0.1) is 6.92 Å². The van der Waals surface area contributed by atoms with Crippen molar-refractivity contribution in [3.05, 3.63) is 42.0 Å². The summed E-state index contributed by atoms with van der Waals surface area (Å²) in [4.78, 5) is 16.1. The zero-order chi connectivity index (χ0) is 14.4. The molecule has 2 N–H and O–H groups in total. The van der Waals surface area contributed by atoms with E-state index in [9.17, 15) is 4.79 Å². The molecular formula is C14H19N5O. The molecule has 2 aromatic heterocycles. The Morgan fingerprint density at radius 1 is 1.40 bits per heavy atom. The van der Waals surface area contributed by atoms with Crippen molar-refractivity contribution >= 4 is 11.6 Å². The average Bonchev–Trinajstić information content (AvgIpc) is 2.85. The SMILES string of the molecule is CCNc1ccncc1C(=O)NCCn1cc(C)cn1. The van der Waals surface area contributed by atoms with Crippen LogP contribution in [0.3, 0.4) is 0 Å². The van der Waals surface area contributed by atoms with E-state index >= 15 is 0 Å². The molecule has 2 rings (SSSR count). The number of rotatable bonds is 6. The van der Waals surface area contributed by atoms with Crippen LogP contribution in [0.1, 0.15) is 22.8 Å². The predicted molar refractivity (Wildman–Crippen MR) is 77.7 cm³/mol. The molecule has 0 aliphatic carbocycles. The van der Waals surface area contributed by atoms with Gasteiger partial charge in [-0.2, -0.15) is 5.10 Å². The Morgan fingerprint density at radius 2 is 2.25 bits per heavy atom. The van der Waals surface area contributed by atoms with E-state index in [1.165, 1.54) is 0 Å². The number of pyridine rings is 1. The summed E-state index contributed by atoms with van der Waals surface area (Å²) in [6.07, 6.45) is 6.99. The zero-order valence-corrected chi connectivity index (χ0v) is 11.8. The van der Waals surface area contributed by atoms with Crippen molar-refractivity contribution in [2.45, 2.75) is 20.4 Å². The van der Waals surface area contributed by atoms with Crippen LogP contribution in [-0.4, -0.2) is 33.8 Å². The third-order valence-corrected chi connectivity index (χ3v) is 2.82. The van der Waals surface area contributed by atoms with Crippen molar-refractivity contribution in [2.24, 2.45) is 0 Å². The van der Waals surface area contributed by atoms with Gasteiger partial charge in [0.15, 0.2) is 0 Å². The van der Waals surface area contributed by atoms with Gasteiger partial charge in [0.25, 0.3) is 5.91 Å². The molecule has 0 saturated heterocycles. The lowest BCUT2D eigenvalue weighted by molar-refractivity contribution is 0.0952. The maximum Gasteiger partial charge on any atom is 0.255 e. The van der Waals surface area contributed by atoms with Gasteiger partial charge in [-0.05, 0) is 25.5 Å². The highest BCUT2D eigenvalue weighted by Crippen LogP contribution is 2.12. The minimum Gasteiger partial charge on any atom is -0.385 e. The molecule has 20 heavy (non-hydrogen) atoms. The zero-order valence-electron chi connectivity index (χ0n) is 11.8. The fraction of sp³-hybridized carbons (Fsp3) is 0.357. The van der Waals surface area contributed by atoms with Gasteiger partial charge < -0.3 is 10.6 Å². The van der Waals surface area contributed by atoms with E-state index in [1.54, 1.807) is 24.7 Å². The van der Waals surface area contributed by atoms with Gasteiger partial charge >= 0.3 is 0 Å². The maximum absolute atomic E-state index is 12.1. The lowest BCUT2D eigenvalue weighted by atomic mass is 10.2. The normalized spacial score (nSPS) is 10.3. The molecule has 0 bridgehead atoms. The van der Waals surface area contributed by atoms with Crippen LogP contribution < -0.4 is 10.6 Å². The van der Waals surface area contributed by atoms with Gasteiger partial charge in [0, 0.05) is 31.7 Å². The summed E-state index contributed by atoms with van der Waals surface area (Å²) in [5.74, 6) is -0.127. The Balaban J connectivity index is 1.91. The Labute approximate surface area is 118 Å². The second-order valence-electron chi connectivity index (χ2n) is 4.49. The standard InChI is InChI=1S/C14H19N5O/c1-3-16-13-4-5-15-9-12(13)14(20)17-6-7-19-10-11(2)8-18-19/h4-5,8-10H,3,6-7H2,1-2H3,(H,15,16)(H,17,20). The average molecular weight is 273 g/mol. The number of aryl methyl sites for hydroxylation is 1. The molecule has 6 heteroatoms. The molecule has 0 aliphatic heterocycles. The first-order valence-electron chi connectivity index (χ1n) is 6.66. The lowest BCUT2D eigenvalue weighted by Gasteiger charge is -2.10. The molecule has 2 heterocycles. The third-order valence-electron chi connectivity index (χ3n) is 2.82. The molecule has 0 unspecified atom stereocenters. The third kappa shape index (κ3) is 3.57. The van der Waals surface area contributed by atoms with E-state index < -0.39 is 0 Å². The topological polar surface area (TPSA) is 71.8 Å². The number of nitrogens with one attached hydrogen (secondary N) is 2. The highest BCUT2D eigenvalue weighted by molar-refractivity contribution is 5.99. The first kappa shape index (κ1) is 14.0. The second kappa shape index (κ2) is 6.70. The number of hydrogen-bond acceptors (Lipinski definition) is 4. The maximum atomic E-state index is 12.1. The molecule has 2 aromatic rings. The smallest absolute Gasteiger partial charge is 0.255 e. The number of carbonyl (C=O) groups is 1. The molecule has 0 radical (unpaired) electrons. The van der Waals surface area contributed by atoms with Crippen LogP contribution in [0.15, 0.2) is 30.9 Å². The van der Waals surface area contributed by atoms with Gasteiger partial charge in [-0.15, -0.1) is 0 Å². The molecule has 0 aromatic carbocycles. The molecule has 0 saturated carbocycles. The highest BCUT2D eigenvalue weighted by atomic mass is 16.1. The molecule has 106 valence electrons. The van der Waals surface area contributed by atoms with Crippen molar-refractivity contribution in [3.63, 3.8) is 0 Å². The summed E-state index contributed by atoms with van der Waals surface area (Å²) in [5, 5.41) is 10.2. The number of carbonyl (C=O) groups excluding carboxylic acids is 1. The molecule has 0 spiro atoms. The summed E-state index contributed by atoms with van der Waals surface area (Å²) in [6.45, 7) is 5.91. The van der Waals surface area contributed by atoms with Gasteiger partial charge in [0.05, 0.1) is 24.0 Å². The quantitative estimate of drug-likeness (QED) is 0.835. The van der Waals surface area contributed by atoms with E-state index in [4.69, 9.17) is 0 Å². The lowest BCUT2D eigenvalue weighted by Crippen LogP contribution is -2.28. The summed E-state index contributed by atoms with van der Waals surface area (Å²) in [6, 6.07) is 1.80. The summed E-state index contributed by atoms with van der Waals surface area (Å²) < 4.78 is 1.81. The number of amides is 1. The Kier molecular flexibility index (Phi) is 4.70. The minimum absolute atomic E-state index is 0.127.